The average Bonchev–Trinajstić information content (AvgIpc) is 2.60. The van der Waals surface area contributed by atoms with Crippen LogP contribution in [0, 0.1) is 17.0 Å². The van der Waals surface area contributed by atoms with Crippen molar-refractivity contribution in [1.82, 2.24) is 4.90 Å². The maximum atomic E-state index is 13.6. The third-order valence-electron chi connectivity index (χ3n) is 4.22. The summed E-state index contributed by atoms with van der Waals surface area (Å²) >= 11 is 0. The van der Waals surface area contributed by atoms with Crippen molar-refractivity contribution >= 4 is 17.5 Å². The molecule has 2 aromatic rings. The summed E-state index contributed by atoms with van der Waals surface area (Å²) in [5, 5.41) is 2.67. The summed E-state index contributed by atoms with van der Waals surface area (Å²) in [7, 11) is 0. The normalized spacial score (nSPS) is 11.2. The van der Waals surface area contributed by atoms with Crippen LogP contribution in [-0.4, -0.2) is 29.8 Å². The van der Waals surface area contributed by atoms with E-state index in [-0.39, 0.29) is 23.4 Å². The smallest absolute Gasteiger partial charge is 0.254 e. The molecule has 3 N–H and O–H groups in total. The lowest BCUT2D eigenvalue weighted by Crippen LogP contribution is -2.41. The molecule has 2 rings (SSSR count). The summed E-state index contributed by atoms with van der Waals surface area (Å²) in [6.07, 6.45) is 0. The Morgan fingerprint density at radius 2 is 1.64 bits per heavy atom. The van der Waals surface area contributed by atoms with Crippen LogP contribution < -0.4 is 11.1 Å². The van der Waals surface area contributed by atoms with E-state index >= 15 is 0 Å². The van der Waals surface area contributed by atoms with E-state index < -0.39 is 17.5 Å². The Labute approximate surface area is 163 Å². The van der Waals surface area contributed by atoms with Gasteiger partial charge in [-0.15, -0.1) is 0 Å². The second-order valence-electron chi connectivity index (χ2n) is 7.57. The summed E-state index contributed by atoms with van der Waals surface area (Å²) < 4.78 is 27.1. The largest absolute Gasteiger partial charge is 0.334 e. The van der Waals surface area contributed by atoms with Crippen LogP contribution in [0.15, 0.2) is 42.5 Å². The number of nitrogens with two attached hydrogens (primary N) is 1. The molecule has 0 saturated carbocycles. The summed E-state index contributed by atoms with van der Waals surface area (Å²) in [5.74, 6) is -2.27. The molecule has 5 nitrogen and oxygen atoms in total. The van der Waals surface area contributed by atoms with Crippen molar-refractivity contribution in [1.29, 1.82) is 0 Å². The number of rotatable bonds is 7. The zero-order valence-corrected chi connectivity index (χ0v) is 16.3. The van der Waals surface area contributed by atoms with Crippen LogP contribution in [0.2, 0.25) is 0 Å². The van der Waals surface area contributed by atoms with Crippen molar-refractivity contribution in [2.24, 2.45) is 11.1 Å². The molecule has 0 unspecified atom stereocenters. The molecular weight excluding hydrogens is 364 g/mol. The number of carbonyl (C=O) groups is 2. The first-order valence-corrected chi connectivity index (χ1v) is 8.91. The van der Waals surface area contributed by atoms with E-state index in [1.807, 2.05) is 13.8 Å². The third kappa shape index (κ3) is 6.13. The van der Waals surface area contributed by atoms with Crippen LogP contribution in [0.5, 0.6) is 0 Å². The van der Waals surface area contributed by atoms with Crippen molar-refractivity contribution in [2.45, 2.75) is 27.3 Å². The average molecular weight is 389 g/mol. The molecule has 2 amide bonds. The van der Waals surface area contributed by atoms with Crippen LogP contribution in [0.3, 0.4) is 0 Å². The van der Waals surface area contributed by atoms with E-state index in [0.717, 1.165) is 23.8 Å². The van der Waals surface area contributed by atoms with Gasteiger partial charge in [-0.2, -0.15) is 0 Å². The van der Waals surface area contributed by atoms with E-state index in [9.17, 15) is 18.4 Å². The highest BCUT2D eigenvalue weighted by atomic mass is 19.1. The first kappa shape index (κ1) is 21.5. The molecule has 0 heterocycles. The summed E-state index contributed by atoms with van der Waals surface area (Å²) in [6.45, 7) is 6.14. The molecule has 0 fully saturated rings. The third-order valence-corrected chi connectivity index (χ3v) is 4.22. The molecule has 28 heavy (non-hydrogen) atoms. The number of anilines is 1. The summed E-state index contributed by atoms with van der Waals surface area (Å²) in [6, 6.07) is 9.80. The van der Waals surface area contributed by atoms with Crippen molar-refractivity contribution in [3.63, 3.8) is 0 Å². The molecule has 0 spiro atoms. The number of carbonyl (C=O) groups excluding carboxylic acids is 2. The molecule has 0 radical (unpaired) electrons. The van der Waals surface area contributed by atoms with E-state index in [2.05, 4.69) is 5.32 Å². The highest BCUT2D eigenvalue weighted by Crippen LogP contribution is 2.21. The highest BCUT2D eigenvalue weighted by Gasteiger charge is 2.25. The van der Waals surface area contributed by atoms with E-state index in [1.165, 1.54) is 11.8 Å². The topological polar surface area (TPSA) is 75.4 Å². The molecule has 0 saturated heterocycles. The SMILES string of the molecule is CC(=O)Nc1ccc(CN(CC(C)(C)CN)C(=O)c2cc(F)cc(F)c2)cc1. The molecule has 2 aromatic carbocycles. The van der Waals surface area contributed by atoms with Gasteiger partial charge in [-0.05, 0) is 41.8 Å². The number of nitrogens with zero attached hydrogens (tertiary/aromatic N) is 1. The lowest BCUT2D eigenvalue weighted by Gasteiger charge is -2.32. The van der Waals surface area contributed by atoms with Crippen LogP contribution in [-0.2, 0) is 11.3 Å². The van der Waals surface area contributed by atoms with Gasteiger partial charge in [-0.25, -0.2) is 8.78 Å². The Hall–Kier alpha value is -2.80. The lowest BCUT2D eigenvalue weighted by atomic mass is 9.92. The number of hydrogen-bond donors (Lipinski definition) is 2. The van der Waals surface area contributed by atoms with Crippen LogP contribution in [0.4, 0.5) is 14.5 Å². The number of hydrogen-bond acceptors (Lipinski definition) is 3. The first-order valence-electron chi connectivity index (χ1n) is 8.91. The molecule has 0 aliphatic carbocycles. The van der Waals surface area contributed by atoms with Gasteiger partial charge in [-0.1, -0.05) is 26.0 Å². The van der Waals surface area contributed by atoms with Crippen molar-refractivity contribution in [2.75, 3.05) is 18.4 Å². The van der Waals surface area contributed by atoms with Gasteiger partial charge in [0.25, 0.3) is 5.91 Å². The second-order valence-corrected chi connectivity index (χ2v) is 7.57. The number of halogens is 2. The number of amides is 2. The zero-order valence-electron chi connectivity index (χ0n) is 16.3. The van der Waals surface area contributed by atoms with Gasteiger partial charge in [0.15, 0.2) is 0 Å². The maximum Gasteiger partial charge on any atom is 0.254 e. The van der Waals surface area contributed by atoms with Crippen LogP contribution >= 0.6 is 0 Å². The monoisotopic (exact) mass is 389 g/mol. The minimum Gasteiger partial charge on any atom is -0.334 e. The highest BCUT2D eigenvalue weighted by molar-refractivity contribution is 5.94. The fourth-order valence-electron chi connectivity index (χ4n) is 2.76. The van der Waals surface area contributed by atoms with E-state index in [1.54, 1.807) is 24.3 Å². The van der Waals surface area contributed by atoms with Crippen molar-refractivity contribution < 1.29 is 18.4 Å². The minimum atomic E-state index is -0.805. The Morgan fingerprint density at radius 1 is 1.07 bits per heavy atom. The molecule has 0 aromatic heterocycles. The standard InChI is InChI=1S/C21H25F2N3O2/c1-14(27)25-19-6-4-15(5-7-19)11-26(13-21(2,3)12-24)20(28)16-8-17(22)10-18(23)9-16/h4-10H,11-13,24H2,1-3H3,(H,25,27). The van der Waals surface area contributed by atoms with E-state index in [0.29, 0.717) is 18.8 Å². The predicted octanol–water partition coefficient (Wildman–Crippen LogP) is 3.55. The maximum absolute atomic E-state index is 13.6. The van der Waals surface area contributed by atoms with Gasteiger partial charge in [0.05, 0.1) is 0 Å². The van der Waals surface area contributed by atoms with Crippen molar-refractivity contribution in [3.8, 4) is 0 Å². The number of benzene rings is 2. The molecule has 0 bridgehead atoms. The molecule has 0 aliphatic rings. The van der Waals surface area contributed by atoms with Crippen LogP contribution in [0.25, 0.3) is 0 Å². The predicted molar refractivity (Wildman–Crippen MR) is 105 cm³/mol. The fourth-order valence-corrected chi connectivity index (χ4v) is 2.76. The van der Waals surface area contributed by atoms with Crippen LogP contribution in [0.1, 0.15) is 36.7 Å². The molecule has 150 valence electrons. The Bertz CT molecular complexity index is 831. The fraction of sp³-hybridized carbons (Fsp3) is 0.333. The van der Waals surface area contributed by atoms with Crippen molar-refractivity contribution in [3.05, 3.63) is 65.2 Å². The second kappa shape index (κ2) is 8.93. The molecule has 7 heteroatoms. The Kier molecular flexibility index (Phi) is 6.85. The lowest BCUT2D eigenvalue weighted by molar-refractivity contribution is -0.114. The quantitative estimate of drug-likeness (QED) is 0.760. The van der Waals surface area contributed by atoms with Gasteiger partial charge in [0.1, 0.15) is 11.6 Å². The minimum absolute atomic E-state index is 0.0554. The number of nitrogens with one attached hydrogen (secondary N) is 1. The zero-order chi connectivity index (χ0) is 20.9. The molecular formula is C21H25F2N3O2. The van der Waals surface area contributed by atoms with E-state index in [4.69, 9.17) is 5.73 Å². The summed E-state index contributed by atoms with van der Waals surface area (Å²) in [4.78, 5) is 25.6. The molecule has 0 aliphatic heterocycles. The summed E-state index contributed by atoms with van der Waals surface area (Å²) in [5.41, 5.74) is 6.82. The van der Waals surface area contributed by atoms with Gasteiger partial charge in [-0.3, -0.25) is 9.59 Å². The Balaban J connectivity index is 2.28. The van der Waals surface area contributed by atoms with Gasteiger partial charge in [0.2, 0.25) is 5.91 Å². The molecule has 0 atom stereocenters. The first-order chi connectivity index (χ1) is 13.1. The van der Waals surface area contributed by atoms with Gasteiger partial charge >= 0.3 is 0 Å². The van der Waals surface area contributed by atoms with Gasteiger partial charge in [0, 0.05) is 37.3 Å². The van der Waals surface area contributed by atoms with Gasteiger partial charge < -0.3 is 16.0 Å². The Morgan fingerprint density at radius 3 is 2.14 bits per heavy atom.